The molecular formula is C21H23NO2. The monoisotopic (exact) mass is 321 g/mol. The molecule has 3 nitrogen and oxygen atoms in total. The highest BCUT2D eigenvalue weighted by molar-refractivity contribution is 6.19. The molecule has 0 aromatic heterocycles. The van der Waals surface area contributed by atoms with E-state index in [1.807, 2.05) is 65.6 Å². The molecule has 0 aliphatic rings. The molecule has 0 bridgehead atoms. The predicted molar refractivity (Wildman–Crippen MR) is 97.2 cm³/mol. The van der Waals surface area contributed by atoms with Crippen LogP contribution < -0.4 is 0 Å². The summed E-state index contributed by atoms with van der Waals surface area (Å²) in [7, 11) is 0. The van der Waals surface area contributed by atoms with Crippen LogP contribution in [0.5, 0.6) is 0 Å². The number of aliphatic hydroxyl groups is 1. The smallest absolute Gasteiger partial charge is 0.262 e. The van der Waals surface area contributed by atoms with Crippen molar-refractivity contribution in [2.75, 3.05) is 13.2 Å². The third kappa shape index (κ3) is 4.95. The van der Waals surface area contributed by atoms with Gasteiger partial charge in [0.15, 0.2) is 0 Å². The lowest BCUT2D eigenvalue weighted by Gasteiger charge is -2.23. The highest BCUT2D eigenvalue weighted by Crippen LogP contribution is 2.18. The minimum Gasteiger partial charge on any atom is -0.392 e. The van der Waals surface area contributed by atoms with Crippen molar-refractivity contribution in [1.82, 2.24) is 4.90 Å². The fourth-order valence-corrected chi connectivity index (χ4v) is 2.51. The molecule has 24 heavy (non-hydrogen) atoms. The zero-order chi connectivity index (χ0) is 17.2. The Morgan fingerprint density at radius 2 is 1.71 bits per heavy atom. The van der Waals surface area contributed by atoms with E-state index in [4.69, 9.17) is 5.11 Å². The van der Waals surface area contributed by atoms with Gasteiger partial charge in [0.25, 0.3) is 5.91 Å². The average Bonchev–Trinajstić information content (AvgIpc) is 2.63. The Morgan fingerprint density at radius 3 is 2.29 bits per heavy atom. The van der Waals surface area contributed by atoms with Crippen LogP contribution in [0, 0.1) is 0 Å². The minimum absolute atomic E-state index is 0.0726. The van der Waals surface area contributed by atoms with Gasteiger partial charge in [-0.15, -0.1) is 5.73 Å². The maximum Gasteiger partial charge on any atom is 0.262 e. The summed E-state index contributed by atoms with van der Waals surface area (Å²) in [5.74, 6) is -0.0726. The molecule has 0 spiro atoms. The van der Waals surface area contributed by atoms with Crippen LogP contribution in [-0.4, -0.2) is 29.1 Å². The zero-order valence-electron chi connectivity index (χ0n) is 14.0. The van der Waals surface area contributed by atoms with Gasteiger partial charge in [-0.3, -0.25) is 4.79 Å². The second kappa shape index (κ2) is 9.51. The molecule has 0 aliphatic heterocycles. The van der Waals surface area contributed by atoms with E-state index in [0.29, 0.717) is 18.7 Å². The summed E-state index contributed by atoms with van der Waals surface area (Å²) in [6.45, 7) is 3.15. The van der Waals surface area contributed by atoms with Gasteiger partial charge in [-0.1, -0.05) is 67.6 Å². The maximum absolute atomic E-state index is 13.1. The summed E-state index contributed by atoms with van der Waals surface area (Å²) in [6, 6.07) is 19.4. The molecule has 0 aliphatic carbocycles. The van der Waals surface area contributed by atoms with Crippen molar-refractivity contribution >= 4 is 11.5 Å². The molecule has 1 amide bonds. The summed E-state index contributed by atoms with van der Waals surface area (Å²) in [6.07, 6.45) is 2.36. The van der Waals surface area contributed by atoms with Crippen LogP contribution in [0.15, 0.2) is 72.5 Å². The van der Waals surface area contributed by atoms with Crippen molar-refractivity contribution < 1.29 is 9.90 Å². The molecule has 3 heteroatoms. The Bertz CT molecular complexity index is 701. The van der Waals surface area contributed by atoms with E-state index in [1.54, 1.807) is 0 Å². The highest BCUT2D eigenvalue weighted by atomic mass is 16.2. The van der Waals surface area contributed by atoms with Crippen molar-refractivity contribution in [3.05, 3.63) is 83.6 Å². The van der Waals surface area contributed by atoms with Crippen molar-refractivity contribution in [3.63, 3.8) is 0 Å². The largest absolute Gasteiger partial charge is 0.392 e. The quantitative estimate of drug-likeness (QED) is 0.624. The highest BCUT2D eigenvalue weighted by Gasteiger charge is 2.19. The molecule has 0 fully saturated rings. The van der Waals surface area contributed by atoms with Gasteiger partial charge in [-0.2, -0.15) is 0 Å². The first kappa shape index (κ1) is 17.7. The topological polar surface area (TPSA) is 40.5 Å². The summed E-state index contributed by atoms with van der Waals surface area (Å²) < 4.78 is 0. The molecule has 2 rings (SSSR count). The predicted octanol–water partition coefficient (Wildman–Crippen LogP) is 3.66. The van der Waals surface area contributed by atoms with Crippen LogP contribution >= 0.6 is 0 Å². The molecule has 124 valence electrons. The summed E-state index contributed by atoms with van der Waals surface area (Å²) in [5.41, 5.74) is 5.34. The Kier molecular flexibility index (Phi) is 7.03. The fraction of sp³-hybridized carbons (Fsp3) is 0.238. The number of carbonyl (C=O) groups is 1. The fourth-order valence-electron chi connectivity index (χ4n) is 2.51. The van der Waals surface area contributed by atoms with E-state index in [1.165, 1.54) is 6.08 Å². The van der Waals surface area contributed by atoms with Gasteiger partial charge in [-0.05, 0) is 23.6 Å². The Morgan fingerprint density at radius 1 is 1.08 bits per heavy atom. The second-order valence-corrected chi connectivity index (χ2v) is 5.48. The molecule has 0 unspecified atom stereocenters. The van der Waals surface area contributed by atoms with E-state index in [2.05, 4.69) is 12.7 Å². The Hall–Kier alpha value is -2.61. The lowest BCUT2D eigenvalue weighted by Crippen LogP contribution is -2.31. The minimum atomic E-state index is -0.143. The van der Waals surface area contributed by atoms with E-state index in [9.17, 15) is 4.79 Å². The molecule has 2 aromatic carbocycles. The third-order valence-electron chi connectivity index (χ3n) is 3.61. The first-order valence-corrected chi connectivity index (χ1v) is 8.21. The zero-order valence-corrected chi connectivity index (χ0v) is 14.0. The summed E-state index contributed by atoms with van der Waals surface area (Å²) >= 11 is 0. The Balaban J connectivity index is 2.32. The number of carbonyl (C=O) groups excluding carboxylic acids is 1. The molecule has 1 N–H and O–H groups in total. The number of rotatable bonds is 7. The molecule has 0 saturated carbocycles. The third-order valence-corrected chi connectivity index (χ3v) is 3.61. The summed E-state index contributed by atoms with van der Waals surface area (Å²) in [4.78, 5) is 14.9. The van der Waals surface area contributed by atoms with Gasteiger partial charge in [0.05, 0.1) is 12.2 Å². The van der Waals surface area contributed by atoms with Crippen LogP contribution in [0.4, 0.5) is 0 Å². The van der Waals surface area contributed by atoms with Gasteiger partial charge >= 0.3 is 0 Å². The van der Waals surface area contributed by atoms with Crippen LogP contribution in [0.25, 0.3) is 5.57 Å². The van der Waals surface area contributed by atoms with Gasteiger partial charge in [0.2, 0.25) is 0 Å². The van der Waals surface area contributed by atoms with E-state index in [0.717, 1.165) is 17.5 Å². The lowest BCUT2D eigenvalue weighted by atomic mass is 10.0. The lowest BCUT2D eigenvalue weighted by molar-refractivity contribution is -0.125. The van der Waals surface area contributed by atoms with Gasteiger partial charge in [0.1, 0.15) is 0 Å². The second-order valence-electron chi connectivity index (χ2n) is 5.48. The summed E-state index contributed by atoms with van der Waals surface area (Å²) in [5, 5.41) is 9.06. The van der Waals surface area contributed by atoms with E-state index >= 15 is 0 Å². The first-order chi connectivity index (χ1) is 11.8. The Labute approximate surface area is 143 Å². The van der Waals surface area contributed by atoms with Crippen molar-refractivity contribution in [3.8, 4) is 0 Å². The van der Waals surface area contributed by atoms with E-state index < -0.39 is 0 Å². The standard InChI is InChI=1S/C21H23NO2/c1-2-15-22(17-18-10-5-3-6-11-18)21(24)20(14-9-16-23)19-12-7-4-8-13-19/h3-13,23H,2,15-17H2,1H3. The molecule has 0 heterocycles. The molecule has 0 saturated heterocycles. The van der Waals surface area contributed by atoms with Gasteiger partial charge < -0.3 is 10.0 Å². The van der Waals surface area contributed by atoms with Crippen LogP contribution in [0.1, 0.15) is 24.5 Å². The van der Waals surface area contributed by atoms with Crippen molar-refractivity contribution in [2.24, 2.45) is 0 Å². The SMILES string of the molecule is CCCN(Cc1ccccc1)C(=O)C(=C=CCO)c1ccccc1. The molecule has 2 aromatic rings. The number of benzene rings is 2. The maximum atomic E-state index is 13.1. The molecule has 0 atom stereocenters. The number of amides is 1. The van der Waals surface area contributed by atoms with Gasteiger partial charge in [-0.25, -0.2) is 0 Å². The number of aliphatic hydroxyl groups excluding tert-OH is 1. The normalized spacial score (nSPS) is 9.92. The van der Waals surface area contributed by atoms with Crippen LogP contribution in [-0.2, 0) is 11.3 Å². The van der Waals surface area contributed by atoms with Crippen molar-refractivity contribution in [2.45, 2.75) is 19.9 Å². The molecule has 0 radical (unpaired) electrons. The van der Waals surface area contributed by atoms with E-state index in [-0.39, 0.29) is 12.5 Å². The van der Waals surface area contributed by atoms with Crippen LogP contribution in [0.2, 0.25) is 0 Å². The number of hydrogen-bond acceptors (Lipinski definition) is 2. The first-order valence-electron chi connectivity index (χ1n) is 8.21. The number of nitrogens with zero attached hydrogens (tertiary/aromatic N) is 1. The average molecular weight is 321 g/mol. The van der Waals surface area contributed by atoms with Crippen LogP contribution in [0.3, 0.4) is 0 Å². The van der Waals surface area contributed by atoms with Gasteiger partial charge in [0, 0.05) is 13.1 Å². The van der Waals surface area contributed by atoms with Crippen molar-refractivity contribution in [1.29, 1.82) is 0 Å². The molecular weight excluding hydrogens is 298 g/mol. The number of hydrogen-bond donors (Lipinski definition) is 1.